The highest BCUT2D eigenvalue weighted by Crippen LogP contribution is 2.13. The molecule has 0 unspecified atom stereocenters. The van der Waals surface area contributed by atoms with Gasteiger partial charge in [0.05, 0.1) is 6.42 Å². The van der Waals surface area contributed by atoms with E-state index in [1.807, 2.05) is 32.9 Å². The van der Waals surface area contributed by atoms with E-state index in [0.29, 0.717) is 12.2 Å². The lowest BCUT2D eigenvalue weighted by Gasteiger charge is -2.19. The van der Waals surface area contributed by atoms with Crippen molar-refractivity contribution < 1.29 is 19.4 Å². The first kappa shape index (κ1) is 19.3. The van der Waals surface area contributed by atoms with Crippen LogP contribution >= 0.6 is 0 Å². The fraction of sp³-hybridized carbons (Fsp3) is 0.300. The summed E-state index contributed by atoms with van der Waals surface area (Å²) in [6.45, 7) is 5.77. The Bertz CT molecular complexity index is 747. The monoisotopic (exact) mass is 356 g/mol. The molecule has 6 nitrogen and oxygen atoms in total. The molecule has 2 amide bonds. The molecule has 2 aromatic rings. The summed E-state index contributed by atoms with van der Waals surface area (Å²) in [6.07, 6.45) is -0.244. The molecule has 0 atom stereocenters. The van der Waals surface area contributed by atoms with Gasteiger partial charge in [-0.25, -0.2) is 4.79 Å². The SMILES string of the molecule is CC(C)(C)OC(=O)NCc1ccc(NC(=O)Cc2ccc(O)cc2)cc1. The fourth-order valence-corrected chi connectivity index (χ4v) is 2.20. The van der Waals surface area contributed by atoms with Gasteiger partial charge in [-0.3, -0.25) is 4.79 Å². The molecule has 0 radical (unpaired) electrons. The molecule has 0 saturated carbocycles. The predicted molar refractivity (Wildman–Crippen MR) is 100.0 cm³/mol. The normalized spacial score (nSPS) is 10.9. The van der Waals surface area contributed by atoms with Crippen molar-refractivity contribution >= 4 is 17.7 Å². The van der Waals surface area contributed by atoms with Crippen LogP contribution in [-0.2, 0) is 22.5 Å². The minimum absolute atomic E-state index is 0.143. The maximum atomic E-state index is 12.1. The Morgan fingerprint density at radius 1 is 0.962 bits per heavy atom. The van der Waals surface area contributed by atoms with Gasteiger partial charge in [-0.05, 0) is 56.2 Å². The molecule has 0 aromatic heterocycles. The van der Waals surface area contributed by atoms with Gasteiger partial charge in [-0.2, -0.15) is 0 Å². The highest BCUT2D eigenvalue weighted by Gasteiger charge is 2.15. The smallest absolute Gasteiger partial charge is 0.407 e. The fourth-order valence-electron chi connectivity index (χ4n) is 2.20. The molecule has 0 saturated heterocycles. The molecular formula is C20H24N2O4. The number of amides is 2. The molecule has 3 N–H and O–H groups in total. The molecule has 0 fully saturated rings. The van der Waals surface area contributed by atoms with Crippen LogP contribution in [0.3, 0.4) is 0 Å². The minimum Gasteiger partial charge on any atom is -0.508 e. The number of phenols is 1. The summed E-state index contributed by atoms with van der Waals surface area (Å²) in [5.41, 5.74) is 1.86. The Labute approximate surface area is 153 Å². The number of alkyl carbamates (subject to hydrolysis) is 1. The number of hydrogen-bond acceptors (Lipinski definition) is 4. The first-order chi connectivity index (χ1) is 12.2. The number of carbonyl (C=O) groups excluding carboxylic acids is 2. The molecular weight excluding hydrogens is 332 g/mol. The summed E-state index contributed by atoms with van der Waals surface area (Å²) in [6, 6.07) is 13.7. The molecule has 0 aliphatic heterocycles. The van der Waals surface area contributed by atoms with Crippen LogP contribution < -0.4 is 10.6 Å². The maximum Gasteiger partial charge on any atom is 0.407 e. The molecule has 0 aliphatic carbocycles. The van der Waals surface area contributed by atoms with Gasteiger partial charge in [0.2, 0.25) is 5.91 Å². The van der Waals surface area contributed by atoms with Gasteiger partial charge < -0.3 is 20.5 Å². The van der Waals surface area contributed by atoms with E-state index < -0.39 is 11.7 Å². The van der Waals surface area contributed by atoms with Crippen LogP contribution in [0.15, 0.2) is 48.5 Å². The maximum absolute atomic E-state index is 12.1. The molecule has 0 spiro atoms. The van der Waals surface area contributed by atoms with E-state index in [2.05, 4.69) is 10.6 Å². The third kappa shape index (κ3) is 6.84. The van der Waals surface area contributed by atoms with Crippen LogP contribution in [0.2, 0.25) is 0 Å². The Balaban J connectivity index is 1.82. The number of carbonyl (C=O) groups is 2. The minimum atomic E-state index is -0.532. The van der Waals surface area contributed by atoms with Gasteiger partial charge in [0, 0.05) is 12.2 Å². The van der Waals surface area contributed by atoms with E-state index in [1.54, 1.807) is 36.4 Å². The van der Waals surface area contributed by atoms with Gasteiger partial charge in [0.15, 0.2) is 0 Å². The second kappa shape index (κ2) is 8.38. The van der Waals surface area contributed by atoms with Crippen molar-refractivity contribution in [3.8, 4) is 5.75 Å². The van der Waals surface area contributed by atoms with Crippen molar-refractivity contribution in [3.05, 3.63) is 59.7 Å². The third-order valence-electron chi connectivity index (χ3n) is 3.37. The second-order valence-corrected chi connectivity index (χ2v) is 6.94. The molecule has 0 aliphatic rings. The van der Waals surface area contributed by atoms with E-state index in [4.69, 9.17) is 4.74 Å². The van der Waals surface area contributed by atoms with E-state index in [-0.39, 0.29) is 18.1 Å². The molecule has 26 heavy (non-hydrogen) atoms. The summed E-state index contributed by atoms with van der Waals surface area (Å²) < 4.78 is 5.18. The van der Waals surface area contributed by atoms with E-state index in [9.17, 15) is 14.7 Å². The van der Waals surface area contributed by atoms with Crippen molar-refractivity contribution in [2.75, 3.05) is 5.32 Å². The van der Waals surface area contributed by atoms with E-state index in [0.717, 1.165) is 11.1 Å². The van der Waals surface area contributed by atoms with Crippen molar-refractivity contribution in [1.29, 1.82) is 0 Å². The summed E-state index contributed by atoms with van der Waals surface area (Å²) >= 11 is 0. The zero-order valence-electron chi connectivity index (χ0n) is 15.2. The first-order valence-electron chi connectivity index (χ1n) is 8.35. The number of ether oxygens (including phenoxy) is 1. The van der Waals surface area contributed by atoms with Crippen LogP contribution in [0.25, 0.3) is 0 Å². The predicted octanol–water partition coefficient (Wildman–Crippen LogP) is 3.60. The third-order valence-corrected chi connectivity index (χ3v) is 3.37. The highest BCUT2D eigenvalue weighted by molar-refractivity contribution is 5.92. The van der Waals surface area contributed by atoms with Gasteiger partial charge >= 0.3 is 6.09 Å². The lowest BCUT2D eigenvalue weighted by Crippen LogP contribution is -2.32. The standard InChI is InChI=1S/C20H24N2O4/c1-20(2,3)26-19(25)21-13-15-4-8-16(9-5-15)22-18(24)12-14-6-10-17(23)11-7-14/h4-11,23H,12-13H2,1-3H3,(H,21,25)(H,22,24). The number of aromatic hydroxyl groups is 1. The highest BCUT2D eigenvalue weighted by atomic mass is 16.6. The summed E-state index contributed by atoms with van der Waals surface area (Å²) in [4.78, 5) is 23.7. The topological polar surface area (TPSA) is 87.7 Å². The quantitative estimate of drug-likeness (QED) is 0.764. The Hall–Kier alpha value is -3.02. The van der Waals surface area contributed by atoms with Crippen molar-refractivity contribution in [3.63, 3.8) is 0 Å². The van der Waals surface area contributed by atoms with Gasteiger partial charge in [0.25, 0.3) is 0 Å². The van der Waals surface area contributed by atoms with Crippen molar-refractivity contribution in [1.82, 2.24) is 5.32 Å². The number of nitrogens with one attached hydrogen (secondary N) is 2. The van der Waals surface area contributed by atoms with E-state index in [1.165, 1.54) is 0 Å². The second-order valence-electron chi connectivity index (χ2n) is 6.94. The largest absolute Gasteiger partial charge is 0.508 e. The van der Waals surface area contributed by atoms with Crippen LogP contribution in [0.5, 0.6) is 5.75 Å². The van der Waals surface area contributed by atoms with Gasteiger partial charge in [0.1, 0.15) is 11.4 Å². The summed E-state index contributed by atoms with van der Waals surface area (Å²) in [5, 5.41) is 14.7. The van der Waals surface area contributed by atoms with Crippen LogP contribution in [0.4, 0.5) is 10.5 Å². The van der Waals surface area contributed by atoms with Crippen LogP contribution in [0, 0.1) is 0 Å². The summed E-state index contributed by atoms with van der Waals surface area (Å²) in [5.74, 6) is 0.0278. The lowest BCUT2D eigenvalue weighted by molar-refractivity contribution is -0.115. The Morgan fingerprint density at radius 3 is 2.12 bits per heavy atom. The average molecular weight is 356 g/mol. The molecule has 0 heterocycles. The molecule has 2 rings (SSSR count). The number of anilines is 1. The lowest BCUT2D eigenvalue weighted by atomic mass is 10.1. The number of phenolic OH excluding ortho intramolecular Hbond substituents is 1. The van der Waals surface area contributed by atoms with Gasteiger partial charge in [-0.15, -0.1) is 0 Å². The number of rotatable bonds is 5. The average Bonchev–Trinajstić information content (AvgIpc) is 2.55. The van der Waals surface area contributed by atoms with Crippen LogP contribution in [0.1, 0.15) is 31.9 Å². The summed E-state index contributed by atoms with van der Waals surface area (Å²) in [7, 11) is 0. The first-order valence-corrected chi connectivity index (χ1v) is 8.35. The molecule has 0 bridgehead atoms. The zero-order chi connectivity index (χ0) is 19.2. The molecule has 138 valence electrons. The van der Waals surface area contributed by atoms with Crippen molar-refractivity contribution in [2.45, 2.75) is 39.3 Å². The van der Waals surface area contributed by atoms with Crippen molar-refractivity contribution in [2.24, 2.45) is 0 Å². The zero-order valence-corrected chi connectivity index (χ0v) is 15.2. The molecule has 2 aromatic carbocycles. The number of hydrogen-bond donors (Lipinski definition) is 3. The Kier molecular flexibility index (Phi) is 6.22. The van der Waals surface area contributed by atoms with E-state index >= 15 is 0 Å². The van der Waals surface area contributed by atoms with Crippen LogP contribution in [-0.4, -0.2) is 22.7 Å². The molecule has 6 heteroatoms. The number of benzene rings is 2. The van der Waals surface area contributed by atoms with Gasteiger partial charge in [-0.1, -0.05) is 24.3 Å². The Morgan fingerprint density at radius 2 is 1.54 bits per heavy atom.